The smallest absolute Gasteiger partial charge is 0.255 e. The molecule has 1 aliphatic carbocycles. The lowest BCUT2D eigenvalue weighted by atomic mass is 9.89. The van der Waals surface area contributed by atoms with Crippen LogP contribution in [0.1, 0.15) is 52.1 Å². The number of hydrogen-bond acceptors (Lipinski definition) is 2. The molecule has 1 saturated heterocycles. The molecular formula is C21H27N3O. The van der Waals surface area contributed by atoms with Gasteiger partial charge in [0, 0.05) is 36.4 Å². The summed E-state index contributed by atoms with van der Waals surface area (Å²) in [4.78, 5) is 15.2. The van der Waals surface area contributed by atoms with Crippen molar-refractivity contribution in [2.24, 2.45) is 11.7 Å². The number of aromatic nitrogens is 1. The summed E-state index contributed by atoms with van der Waals surface area (Å²) in [6.07, 6.45) is 2.47. The van der Waals surface area contributed by atoms with Gasteiger partial charge < -0.3 is 15.2 Å². The van der Waals surface area contributed by atoms with Crippen LogP contribution in [0.5, 0.6) is 0 Å². The van der Waals surface area contributed by atoms with Crippen molar-refractivity contribution in [2.45, 2.75) is 38.6 Å². The standard InChI is InChI=1S/C21H27N3O/c1-14-10-19(15(2)24(14)18-8-9-18)21(25)23-12-17(11-22)20(13-23)16-6-4-3-5-7-16/h3-7,10,17-18,20H,8-9,11-13,22H2,1-2H3/t17-,20+/m1/s1. The second kappa shape index (κ2) is 6.34. The molecule has 132 valence electrons. The maximum atomic E-state index is 13.2. The van der Waals surface area contributed by atoms with Crippen LogP contribution in [0, 0.1) is 19.8 Å². The van der Waals surface area contributed by atoms with Gasteiger partial charge in [-0.15, -0.1) is 0 Å². The number of nitrogens with two attached hydrogens (primary N) is 1. The van der Waals surface area contributed by atoms with Crippen LogP contribution in [-0.4, -0.2) is 35.0 Å². The second-order valence-electron chi connectivity index (χ2n) is 7.61. The molecule has 1 saturated carbocycles. The molecule has 0 spiro atoms. The Bertz CT molecular complexity index is 776. The third-order valence-corrected chi connectivity index (χ3v) is 5.89. The van der Waals surface area contributed by atoms with Gasteiger partial charge in [0.25, 0.3) is 5.91 Å². The van der Waals surface area contributed by atoms with Crippen LogP contribution in [0.25, 0.3) is 0 Å². The van der Waals surface area contributed by atoms with Crippen LogP contribution < -0.4 is 5.73 Å². The molecule has 2 heterocycles. The molecule has 1 amide bonds. The average Bonchev–Trinajstić information content (AvgIpc) is 3.28. The first-order valence-corrected chi connectivity index (χ1v) is 9.33. The van der Waals surface area contributed by atoms with Crippen molar-refractivity contribution in [3.8, 4) is 0 Å². The number of aryl methyl sites for hydroxylation is 1. The Morgan fingerprint density at radius 3 is 2.52 bits per heavy atom. The van der Waals surface area contributed by atoms with Crippen molar-refractivity contribution in [2.75, 3.05) is 19.6 Å². The Labute approximate surface area is 149 Å². The van der Waals surface area contributed by atoms with E-state index in [4.69, 9.17) is 5.73 Å². The van der Waals surface area contributed by atoms with Crippen molar-refractivity contribution in [1.29, 1.82) is 0 Å². The van der Waals surface area contributed by atoms with Gasteiger partial charge in [0.2, 0.25) is 0 Å². The van der Waals surface area contributed by atoms with Crippen LogP contribution >= 0.6 is 0 Å². The van der Waals surface area contributed by atoms with E-state index in [-0.39, 0.29) is 5.91 Å². The minimum atomic E-state index is 0.164. The highest BCUT2D eigenvalue weighted by Crippen LogP contribution is 2.39. The SMILES string of the molecule is Cc1cc(C(=O)N2C[C@@H](CN)[C@H](c3ccccc3)C2)c(C)n1C1CC1. The Balaban J connectivity index is 1.58. The highest BCUT2D eigenvalue weighted by molar-refractivity contribution is 5.96. The van der Waals surface area contributed by atoms with Gasteiger partial charge in [0.15, 0.2) is 0 Å². The normalized spacial score (nSPS) is 23.2. The van der Waals surface area contributed by atoms with Crippen LogP contribution in [-0.2, 0) is 0 Å². The lowest BCUT2D eigenvalue weighted by molar-refractivity contribution is 0.0785. The molecule has 0 radical (unpaired) electrons. The van der Waals surface area contributed by atoms with Gasteiger partial charge in [0.05, 0.1) is 5.56 Å². The first-order valence-electron chi connectivity index (χ1n) is 9.33. The van der Waals surface area contributed by atoms with E-state index in [2.05, 4.69) is 48.7 Å². The molecule has 4 rings (SSSR count). The van der Waals surface area contributed by atoms with E-state index in [0.717, 1.165) is 24.3 Å². The zero-order chi connectivity index (χ0) is 17.6. The Kier molecular flexibility index (Phi) is 4.16. The van der Waals surface area contributed by atoms with E-state index in [1.807, 2.05) is 11.0 Å². The summed E-state index contributed by atoms with van der Waals surface area (Å²) in [5, 5.41) is 0. The largest absolute Gasteiger partial charge is 0.345 e. The van der Waals surface area contributed by atoms with Crippen molar-refractivity contribution >= 4 is 5.91 Å². The van der Waals surface area contributed by atoms with E-state index in [1.54, 1.807) is 0 Å². The van der Waals surface area contributed by atoms with Gasteiger partial charge >= 0.3 is 0 Å². The number of hydrogen-bond donors (Lipinski definition) is 1. The third kappa shape index (κ3) is 2.89. The monoisotopic (exact) mass is 337 g/mol. The average molecular weight is 337 g/mol. The summed E-state index contributed by atoms with van der Waals surface area (Å²) in [6.45, 7) is 6.33. The maximum absolute atomic E-state index is 13.2. The maximum Gasteiger partial charge on any atom is 0.255 e. The van der Waals surface area contributed by atoms with Crippen LogP contribution in [0.3, 0.4) is 0 Å². The van der Waals surface area contributed by atoms with Crippen LogP contribution in [0.15, 0.2) is 36.4 Å². The summed E-state index contributed by atoms with van der Waals surface area (Å²) >= 11 is 0. The van der Waals surface area contributed by atoms with Crippen LogP contribution in [0.4, 0.5) is 0 Å². The summed E-state index contributed by atoms with van der Waals surface area (Å²) < 4.78 is 2.35. The van der Waals surface area contributed by atoms with Crippen molar-refractivity contribution in [3.63, 3.8) is 0 Å². The zero-order valence-electron chi connectivity index (χ0n) is 15.1. The second-order valence-corrected chi connectivity index (χ2v) is 7.61. The zero-order valence-corrected chi connectivity index (χ0v) is 15.1. The lowest BCUT2D eigenvalue weighted by Crippen LogP contribution is -2.30. The van der Waals surface area contributed by atoms with E-state index in [1.165, 1.54) is 24.1 Å². The minimum Gasteiger partial charge on any atom is -0.345 e. The van der Waals surface area contributed by atoms with Gasteiger partial charge in [-0.3, -0.25) is 4.79 Å². The molecule has 2 aliphatic rings. The number of benzene rings is 1. The topological polar surface area (TPSA) is 51.3 Å². The van der Waals surface area contributed by atoms with Gasteiger partial charge in [-0.05, 0) is 50.8 Å². The molecule has 2 fully saturated rings. The number of carbonyl (C=O) groups is 1. The Morgan fingerprint density at radius 2 is 1.88 bits per heavy atom. The van der Waals surface area contributed by atoms with E-state index in [0.29, 0.717) is 24.4 Å². The summed E-state index contributed by atoms with van der Waals surface area (Å²) in [5.74, 6) is 0.831. The molecule has 25 heavy (non-hydrogen) atoms. The third-order valence-electron chi connectivity index (χ3n) is 5.89. The fourth-order valence-corrected chi connectivity index (χ4v) is 4.41. The molecule has 1 aromatic heterocycles. The quantitative estimate of drug-likeness (QED) is 0.931. The number of likely N-dealkylation sites (tertiary alicyclic amines) is 1. The molecule has 4 heteroatoms. The highest BCUT2D eigenvalue weighted by atomic mass is 16.2. The molecule has 0 unspecified atom stereocenters. The Hall–Kier alpha value is -2.07. The van der Waals surface area contributed by atoms with Gasteiger partial charge in [0.1, 0.15) is 0 Å². The number of carbonyl (C=O) groups excluding carboxylic acids is 1. The molecule has 4 nitrogen and oxygen atoms in total. The predicted molar refractivity (Wildman–Crippen MR) is 99.8 cm³/mol. The first-order chi connectivity index (χ1) is 12.1. The van der Waals surface area contributed by atoms with E-state index in [9.17, 15) is 4.79 Å². The molecule has 0 bridgehead atoms. The van der Waals surface area contributed by atoms with E-state index >= 15 is 0 Å². The fourth-order valence-electron chi connectivity index (χ4n) is 4.41. The number of rotatable bonds is 4. The first kappa shape index (κ1) is 16.4. The van der Waals surface area contributed by atoms with Crippen molar-refractivity contribution in [3.05, 3.63) is 58.9 Å². The Morgan fingerprint density at radius 1 is 1.16 bits per heavy atom. The number of amides is 1. The molecule has 2 N–H and O–H groups in total. The van der Waals surface area contributed by atoms with E-state index < -0.39 is 0 Å². The molecule has 2 aromatic rings. The van der Waals surface area contributed by atoms with Crippen LogP contribution in [0.2, 0.25) is 0 Å². The van der Waals surface area contributed by atoms with Gasteiger partial charge in [-0.25, -0.2) is 0 Å². The predicted octanol–water partition coefficient (Wildman–Crippen LogP) is 3.25. The molecule has 1 aromatic carbocycles. The minimum absolute atomic E-state index is 0.164. The lowest BCUT2D eigenvalue weighted by Gasteiger charge is -2.17. The molecular weight excluding hydrogens is 310 g/mol. The van der Waals surface area contributed by atoms with Crippen molar-refractivity contribution in [1.82, 2.24) is 9.47 Å². The summed E-state index contributed by atoms with van der Waals surface area (Å²) in [7, 11) is 0. The summed E-state index contributed by atoms with van der Waals surface area (Å²) in [6, 6.07) is 13.1. The van der Waals surface area contributed by atoms with Crippen molar-refractivity contribution < 1.29 is 4.79 Å². The molecule has 1 aliphatic heterocycles. The highest BCUT2D eigenvalue weighted by Gasteiger charge is 2.37. The summed E-state index contributed by atoms with van der Waals surface area (Å²) in [5.41, 5.74) is 10.5. The molecule has 2 atom stereocenters. The number of nitrogens with zero attached hydrogens (tertiary/aromatic N) is 2. The fraction of sp³-hybridized carbons (Fsp3) is 0.476. The van der Waals surface area contributed by atoms with Gasteiger partial charge in [-0.2, -0.15) is 0 Å². The van der Waals surface area contributed by atoms with Gasteiger partial charge in [-0.1, -0.05) is 30.3 Å².